The second-order valence-electron chi connectivity index (χ2n) is 4.07. The van der Waals surface area contributed by atoms with Crippen LogP contribution < -0.4 is 5.32 Å². The van der Waals surface area contributed by atoms with Gasteiger partial charge < -0.3 is 10.1 Å². The van der Waals surface area contributed by atoms with Crippen molar-refractivity contribution < 1.29 is 19.2 Å². The van der Waals surface area contributed by atoms with E-state index in [-0.39, 0.29) is 6.61 Å². The van der Waals surface area contributed by atoms with Gasteiger partial charge in [0.2, 0.25) is 5.91 Å². The van der Waals surface area contributed by atoms with Crippen molar-refractivity contribution in [3.63, 3.8) is 0 Å². The molecule has 1 aromatic carbocycles. The highest BCUT2D eigenvalue weighted by atomic mass is 16.6. The molecule has 0 heterocycles. The molecular formula is C13H16N2O5. The Balaban J connectivity index is 3.15. The van der Waals surface area contributed by atoms with Gasteiger partial charge in [0.05, 0.1) is 6.61 Å². The van der Waals surface area contributed by atoms with Crippen LogP contribution in [0.3, 0.4) is 0 Å². The van der Waals surface area contributed by atoms with Crippen molar-refractivity contribution in [1.29, 1.82) is 0 Å². The lowest BCUT2D eigenvalue weighted by molar-refractivity contribution is -0.515. The summed E-state index contributed by atoms with van der Waals surface area (Å²) < 4.78 is 4.72. The van der Waals surface area contributed by atoms with Gasteiger partial charge in [0.25, 0.3) is 0 Å². The molecule has 1 N–H and O–H groups in total. The summed E-state index contributed by atoms with van der Waals surface area (Å²) in [5, 5.41) is 13.6. The summed E-state index contributed by atoms with van der Waals surface area (Å²) in [5.74, 6) is -1.44. The molecule has 0 saturated carbocycles. The number of nitrogens with zero attached hydrogens (tertiary/aromatic N) is 1. The van der Waals surface area contributed by atoms with E-state index in [1.807, 2.05) is 0 Å². The Morgan fingerprint density at radius 1 is 1.35 bits per heavy atom. The van der Waals surface area contributed by atoms with Crippen LogP contribution >= 0.6 is 0 Å². The molecule has 1 rings (SSSR count). The Kier molecular flexibility index (Phi) is 5.64. The summed E-state index contributed by atoms with van der Waals surface area (Å²) in [6, 6.07) is 5.55. The normalized spacial score (nSPS) is 13.1. The molecule has 0 aromatic heterocycles. The fraction of sp³-hybridized carbons (Fsp3) is 0.385. The molecular weight excluding hydrogens is 264 g/mol. The molecule has 0 unspecified atom stereocenters. The van der Waals surface area contributed by atoms with Gasteiger partial charge in [-0.15, -0.1) is 0 Å². The van der Waals surface area contributed by atoms with Gasteiger partial charge in [-0.25, -0.2) is 4.79 Å². The molecule has 7 heteroatoms. The molecule has 2 atom stereocenters. The SMILES string of the molecule is CCOC(=O)[C@@H]([C@@H](NC(C)=O)c1ccccc1)[N+](=O)[O-]. The van der Waals surface area contributed by atoms with Crippen LogP contribution in [0.4, 0.5) is 0 Å². The maximum atomic E-state index is 11.8. The zero-order valence-electron chi connectivity index (χ0n) is 11.2. The van der Waals surface area contributed by atoms with Gasteiger partial charge in [-0.3, -0.25) is 14.9 Å². The third-order valence-corrected chi connectivity index (χ3v) is 2.59. The molecule has 0 aliphatic rings. The standard InChI is InChI=1S/C13H16N2O5/c1-3-20-13(17)12(15(18)19)11(14-9(2)16)10-7-5-4-6-8-10/h4-8,11-12H,3H2,1-2H3,(H,14,16)/t11-,12+/m0/s1. The summed E-state index contributed by atoms with van der Waals surface area (Å²) in [5.41, 5.74) is 0.470. The van der Waals surface area contributed by atoms with E-state index in [4.69, 9.17) is 4.74 Å². The summed E-state index contributed by atoms with van der Waals surface area (Å²) in [4.78, 5) is 33.4. The first-order chi connectivity index (χ1) is 9.47. The van der Waals surface area contributed by atoms with E-state index in [0.717, 1.165) is 0 Å². The van der Waals surface area contributed by atoms with Crippen molar-refractivity contribution in [3.05, 3.63) is 46.0 Å². The highest BCUT2D eigenvalue weighted by Gasteiger charge is 2.41. The number of ether oxygens (including phenoxy) is 1. The van der Waals surface area contributed by atoms with E-state index in [1.54, 1.807) is 37.3 Å². The van der Waals surface area contributed by atoms with Crippen molar-refractivity contribution >= 4 is 11.9 Å². The molecule has 1 amide bonds. The van der Waals surface area contributed by atoms with Gasteiger partial charge >= 0.3 is 12.0 Å². The average molecular weight is 280 g/mol. The average Bonchev–Trinajstić information content (AvgIpc) is 2.38. The zero-order valence-corrected chi connectivity index (χ0v) is 11.2. The number of carbonyl (C=O) groups is 2. The van der Waals surface area contributed by atoms with E-state index in [1.165, 1.54) is 6.92 Å². The number of rotatable bonds is 6. The van der Waals surface area contributed by atoms with Gasteiger partial charge in [0.1, 0.15) is 6.04 Å². The molecule has 0 saturated heterocycles. The molecule has 108 valence electrons. The number of carbonyl (C=O) groups excluding carboxylic acids is 2. The van der Waals surface area contributed by atoms with Crippen LogP contribution in [0, 0.1) is 10.1 Å². The van der Waals surface area contributed by atoms with Crippen LogP contribution in [0.25, 0.3) is 0 Å². The first-order valence-corrected chi connectivity index (χ1v) is 6.09. The second-order valence-corrected chi connectivity index (χ2v) is 4.07. The summed E-state index contributed by atoms with van der Waals surface area (Å²) >= 11 is 0. The quantitative estimate of drug-likeness (QED) is 0.477. The van der Waals surface area contributed by atoms with Crippen LogP contribution in [0.2, 0.25) is 0 Å². The molecule has 0 bridgehead atoms. The minimum absolute atomic E-state index is 0.0325. The topological polar surface area (TPSA) is 98.5 Å². The zero-order chi connectivity index (χ0) is 15.1. The molecule has 7 nitrogen and oxygen atoms in total. The van der Waals surface area contributed by atoms with Gasteiger partial charge in [-0.2, -0.15) is 0 Å². The lowest BCUT2D eigenvalue weighted by Gasteiger charge is -2.20. The van der Waals surface area contributed by atoms with E-state index < -0.39 is 28.9 Å². The number of esters is 1. The fourth-order valence-corrected chi connectivity index (χ4v) is 1.80. The lowest BCUT2D eigenvalue weighted by Crippen LogP contribution is -2.45. The van der Waals surface area contributed by atoms with E-state index >= 15 is 0 Å². The third kappa shape index (κ3) is 4.04. The second kappa shape index (κ2) is 7.22. The Labute approximate surface area is 116 Å². The Morgan fingerprint density at radius 2 is 1.95 bits per heavy atom. The van der Waals surface area contributed by atoms with Crippen LogP contribution in [0.5, 0.6) is 0 Å². The van der Waals surface area contributed by atoms with Crippen molar-refractivity contribution in [2.75, 3.05) is 6.61 Å². The lowest BCUT2D eigenvalue weighted by atomic mass is 9.99. The minimum Gasteiger partial charge on any atom is -0.461 e. The minimum atomic E-state index is -1.68. The maximum absolute atomic E-state index is 11.8. The van der Waals surface area contributed by atoms with E-state index in [9.17, 15) is 19.7 Å². The largest absolute Gasteiger partial charge is 0.461 e. The highest BCUT2D eigenvalue weighted by Crippen LogP contribution is 2.20. The summed E-state index contributed by atoms with van der Waals surface area (Å²) in [6.07, 6.45) is 0. The molecule has 0 aliphatic heterocycles. The van der Waals surface area contributed by atoms with Crippen molar-refractivity contribution in [3.8, 4) is 0 Å². The number of nitro groups is 1. The van der Waals surface area contributed by atoms with Gasteiger partial charge in [-0.05, 0) is 12.5 Å². The first-order valence-electron chi connectivity index (χ1n) is 6.09. The number of hydrogen-bond donors (Lipinski definition) is 1. The monoisotopic (exact) mass is 280 g/mol. The first kappa shape index (κ1) is 15.6. The van der Waals surface area contributed by atoms with Gasteiger partial charge in [-0.1, -0.05) is 30.3 Å². The molecule has 20 heavy (non-hydrogen) atoms. The van der Waals surface area contributed by atoms with Crippen molar-refractivity contribution in [1.82, 2.24) is 5.32 Å². The predicted molar refractivity (Wildman–Crippen MR) is 70.4 cm³/mol. The third-order valence-electron chi connectivity index (χ3n) is 2.59. The van der Waals surface area contributed by atoms with Crippen LogP contribution in [-0.2, 0) is 14.3 Å². The number of benzene rings is 1. The summed E-state index contributed by atoms with van der Waals surface area (Å²) in [6.45, 7) is 2.83. The molecule has 0 aliphatic carbocycles. The number of hydrogen-bond acceptors (Lipinski definition) is 5. The Bertz CT molecular complexity index is 489. The van der Waals surface area contributed by atoms with Crippen LogP contribution in [0.1, 0.15) is 25.5 Å². The number of nitrogens with one attached hydrogen (secondary N) is 1. The summed E-state index contributed by atoms with van der Waals surface area (Å²) in [7, 11) is 0. The highest BCUT2D eigenvalue weighted by molar-refractivity contribution is 5.78. The maximum Gasteiger partial charge on any atom is 0.384 e. The number of amides is 1. The Morgan fingerprint density at radius 3 is 2.40 bits per heavy atom. The van der Waals surface area contributed by atoms with Crippen molar-refractivity contribution in [2.24, 2.45) is 0 Å². The molecule has 1 aromatic rings. The fourth-order valence-electron chi connectivity index (χ4n) is 1.80. The molecule has 0 radical (unpaired) electrons. The molecule has 0 spiro atoms. The Hall–Kier alpha value is -2.44. The van der Waals surface area contributed by atoms with Gasteiger partial charge in [0, 0.05) is 11.8 Å². The smallest absolute Gasteiger partial charge is 0.384 e. The molecule has 0 fully saturated rings. The van der Waals surface area contributed by atoms with Crippen molar-refractivity contribution in [2.45, 2.75) is 25.9 Å². The van der Waals surface area contributed by atoms with Crippen LogP contribution in [0.15, 0.2) is 30.3 Å². The predicted octanol–water partition coefficient (Wildman–Crippen LogP) is 1.07. The van der Waals surface area contributed by atoms with E-state index in [2.05, 4.69) is 5.32 Å². The van der Waals surface area contributed by atoms with Gasteiger partial charge in [0.15, 0.2) is 0 Å². The van der Waals surface area contributed by atoms with Crippen LogP contribution in [-0.4, -0.2) is 29.4 Å². The van der Waals surface area contributed by atoms with E-state index in [0.29, 0.717) is 5.56 Å².